The van der Waals surface area contributed by atoms with Gasteiger partial charge in [0.1, 0.15) is 0 Å². The Kier molecular flexibility index (Phi) is 4.93. The van der Waals surface area contributed by atoms with Gasteiger partial charge in [-0.3, -0.25) is 4.79 Å². The maximum atomic E-state index is 11.3. The third-order valence-corrected chi connectivity index (χ3v) is 3.05. The minimum atomic E-state index is -0.119. The maximum Gasteiger partial charge on any atom is 0.305 e. The first kappa shape index (κ1) is 14.3. The van der Waals surface area contributed by atoms with Gasteiger partial charge in [0.05, 0.1) is 18.0 Å². The third-order valence-electron chi connectivity index (χ3n) is 3.05. The number of nitrogens with zero attached hydrogens (tertiary/aromatic N) is 2. The summed E-state index contributed by atoms with van der Waals surface area (Å²) < 4.78 is 6.79. The molecule has 4 heteroatoms. The lowest BCUT2D eigenvalue weighted by Crippen LogP contribution is -2.04. The molecule has 1 heterocycles. The van der Waals surface area contributed by atoms with E-state index in [1.165, 1.54) is 5.56 Å². The van der Waals surface area contributed by atoms with E-state index >= 15 is 0 Å². The van der Waals surface area contributed by atoms with Gasteiger partial charge in [0.25, 0.3) is 0 Å². The Morgan fingerprint density at radius 2 is 2.20 bits per heavy atom. The minimum Gasteiger partial charge on any atom is -0.466 e. The van der Waals surface area contributed by atoms with Crippen molar-refractivity contribution in [2.45, 2.75) is 33.1 Å². The minimum absolute atomic E-state index is 0.119. The summed E-state index contributed by atoms with van der Waals surface area (Å²) in [4.78, 5) is 11.3. The molecular formula is C16H20N2O2. The second-order valence-corrected chi connectivity index (χ2v) is 4.73. The predicted octanol–water partition coefficient (Wildman–Crippen LogP) is 3.07. The monoisotopic (exact) mass is 272 g/mol. The molecule has 2 aromatic rings. The second-order valence-electron chi connectivity index (χ2n) is 4.73. The van der Waals surface area contributed by atoms with Crippen LogP contribution in [0.5, 0.6) is 0 Å². The van der Waals surface area contributed by atoms with Crippen LogP contribution in [-0.2, 0) is 16.0 Å². The summed E-state index contributed by atoms with van der Waals surface area (Å²) in [5.41, 5.74) is 3.25. The number of carbonyl (C=O) groups excluding carboxylic acids is 1. The van der Waals surface area contributed by atoms with Crippen LogP contribution in [0.25, 0.3) is 5.69 Å². The molecule has 0 spiro atoms. The standard InChI is InChI=1S/C16H20N2O2/c1-3-20-16(19)9-5-7-14-6-4-8-15(12-14)18-11-10-13(2)17-18/h4,6,8,10-12H,3,5,7,9H2,1-2H3. The first-order chi connectivity index (χ1) is 9.69. The van der Waals surface area contributed by atoms with Crippen molar-refractivity contribution < 1.29 is 9.53 Å². The highest BCUT2D eigenvalue weighted by Crippen LogP contribution is 2.13. The van der Waals surface area contributed by atoms with Crippen molar-refractivity contribution in [1.29, 1.82) is 0 Å². The Balaban J connectivity index is 1.95. The van der Waals surface area contributed by atoms with Gasteiger partial charge >= 0.3 is 5.97 Å². The molecular weight excluding hydrogens is 252 g/mol. The molecule has 106 valence electrons. The van der Waals surface area contributed by atoms with Crippen LogP contribution in [0, 0.1) is 6.92 Å². The predicted molar refractivity (Wildman–Crippen MR) is 77.9 cm³/mol. The van der Waals surface area contributed by atoms with E-state index in [9.17, 15) is 4.79 Å². The van der Waals surface area contributed by atoms with Crippen molar-refractivity contribution in [2.75, 3.05) is 6.61 Å². The van der Waals surface area contributed by atoms with Crippen molar-refractivity contribution >= 4 is 5.97 Å². The van der Waals surface area contributed by atoms with Crippen molar-refractivity contribution in [3.8, 4) is 5.69 Å². The normalized spacial score (nSPS) is 10.5. The van der Waals surface area contributed by atoms with Crippen molar-refractivity contribution in [3.63, 3.8) is 0 Å². The summed E-state index contributed by atoms with van der Waals surface area (Å²) in [5.74, 6) is -0.119. The molecule has 0 atom stereocenters. The number of hydrogen-bond acceptors (Lipinski definition) is 3. The van der Waals surface area contributed by atoms with E-state index in [0.717, 1.165) is 24.2 Å². The average Bonchev–Trinajstić information content (AvgIpc) is 2.86. The van der Waals surface area contributed by atoms with Crippen molar-refractivity contribution in [3.05, 3.63) is 47.8 Å². The highest BCUT2D eigenvalue weighted by molar-refractivity contribution is 5.69. The van der Waals surface area contributed by atoms with Gasteiger partial charge in [-0.05, 0) is 50.5 Å². The number of carbonyl (C=O) groups is 1. The summed E-state index contributed by atoms with van der Waals surface area (Å²) in [5, 5.41) is 4.40. The molecule has 0 unspecified atom stereocenters. The fourth-order valence-electron chi connectivity index (χ4n) is 2.08. The van der Waals surface area contributed by atoms with E-state index in [2.05, 4.69) is 17.2 Å². The zero-order chi connectivity index (χ0) is 14.4. The summed E-state index contributed by atoms with van der Waals surface area (Å²) in [6, 6.07) is 10.2. The largest absolute Gasteiger partial charge is 0.466 e. The Morgan fingerprint density at radius 1 is 1.35 bits per heavy atom. The Hall–Kier alpha value is -2.10. The van der Waals surface area contributed by atoms with Crippen LogP contribution in [0.1, 0.15) is 31.0 Å². The van der Waals surface area contributed by atoms with Gasteiger partial charge in [-0.2, -0.15) is 5.10 Å². The fraction of sp³-hybridized carbons (Fsp3) is 0.375. The molecule has 0 aliphatic rings. The summed E-state index contributed by atoms with van der Waals surface area (Å²) >= 11 is 0. The second kappa shape index (κ2) is 6.89. The first-order valence-corrected chi connectivity index (χ1v) is 6.96. The van der Waals surface area contributed by atoms with Crippen LogP contribution in [-0.4, -0.2) is 22.4 Å². The number of benzene rings is 1. The molecule has 0 fully saturated rings. The summed E-state index contributed by atoms with van der Waals surface area (Å²) in [7, 11) is 0. The number of rotatable bonds is 6. The van der Waals surface area contributed by atoms with Gasteiger partial charge in [-0.25, -0.2) is 4.68 Å². The number of aryl methyl sites for hydroxylation is 2. The van der Waals surface area contributed by atoms with Gasteiger partial charge in [0.15, 0.2) is 0 Å². The molecule has 0 aliphatic heterocycles. The van der Waals surface area contributed by atoms with Gasteiger partial charge in [0, 0.05) is 12.6 Å². The van der Waals surface area contributed by atoms with Crippen LogP contribution < -0.4 is 0 Å². The van der Waals surface area contributed by atoms with Crippen LogP contribution in [0.2, 0.25) is 0 Å². The van der Waals surface area contributed by atoms with Gasteiger partial charge in [0.2, 0.25) is 0 Å². The lowest BCUT2D eigenvalue weighted by molar-refractivity contribution is -0.143. The van der Waals surface area contributed by atoms with Crippen LogP contribution >= 0.6 is 0 Å². The number of aromatic nitrogens is 2. The van der Waals surface area contributed by atoms with Crippen molar-refractivity contribution in [2.24, 2.45) is 0 Å². The highest BCUT2D eigenvalue weighted by atomic mass is 16.5. The molecule has 0 amide bonds. The van der Waals surface area contributed by atoms with Gasteiger partial charge in [-0.15, -0.1) is 0 Å². The fourth-order valence-corrected chi connectivity index (χ4v) is 2.08. The van der Waals surface area contributed by atoms with Gasteiger partial charge < -0.3 is 4.74 Å². The van der Waals surface area contributed by atoms with E-state index in [4.69, 9.17) is 4.74 Å². The number of hydrogen-bond donors (Lipinski definition) is 0. The zero-order valence-electron chi connectivity index (χ0n) is 12.0. The van der Waals surface area contributed by atoms with Crippen LogP contribution in [0.4, 0.5) is 0 Å². The molecule has 2 rings (SSSR count). The lowest BCUT2D eigenvalue weighted by Gasteiger charge is -2.06. The smallest absolute Gasteiger partial charge is 0.305 e. The molecule has 0 N–H and O–H groups in total. The van der Waals surface area contributed by atoms with E-state index < -0.39 is 0 Å². The van der Waals surface area contributed by atoms with E-state index in [1.54, 1.807) is 0 Å². The summed E-state index contributed by atoms with van der Waals surface area (Å²) in [6.45, 7) is 4.25. The molecule has 1 aromatic heterocycles. The molecule has 20 heavy (non-hydrogen) atoms. The average molecular weight is 272 g/mol. The van der Waals surface area contributed by atoms with Crippen molar-refractivity contribution in [1.82, 2.24) is 9.78 Å². The van der Waals surface area contributed by atoms with Crippen LogP contribution in [0.3, 0.4) is 0 Å². The number of ether oxygens (including phenoxy) is 1. The Labute approximate surface area is 119 Å². The quantitative estimate of drug-likeness (QED) is 0.759. The zero-order valence-corrected chi connectivity index (χ0v) is 12.0. The SMILES string of the molecule is CCOC(=O)CCCc1cccc(-n2ccc(C)n2)c1. The Bertz CT molecular complexity index is 575. The van der Waals surface area contributed by atoms with E-state index in [-0.39, 0.29) is 5.97 Å². The van der Waals surface area contributed by atoms with Gasteiger partial charge in [-0.1, -0.05) is 12.1 Å². The molecule has 1 aromatic carbocycles. The van der Waals surface area contributed by atoms with Crippen LogP contribution in [0.15, 0.2) is 36.5 Å². The molecule has 0 aliphatic carbocycles. The number of esters is 1. The lowest BCUT2D eigenvalue weighted by atomic mass is 10.1. The molecule has 0 bridgehead atoms. The first-order valence-electron chi connectivity index (χ1n) is 6.96. The Morgan fingerprint density at radius 3 is 2.90 bits per heavy atom. The molecule has 4 nitrogen and oxygen atoms in total. The van der Waals surface area contributed by atoms with E-state index in [0.29, 0.717) is 13.0 Å². The molecule has 0 saturated carbocycles. The summed E-state index contributed by atoms with van der Waals surface area (Å²) in [6.07, 6.45) is 4.10. The highest BCUT2D eigenvalue weighted by Gasteiger charge is 2.03. The third kappa shape index (κ3) is 3.95. The van der Waals surface area contributed by atoms with E-state index in [1.807, 2.05) is 42.9 Å². The topological polar surface area (TPSA) is 44.1 Å². The maximum absolute atomic E-state index is 11.3. The molecule has 0 saturated heterocycles. The molecule has 0 radical (unpaired) electrons.